The van der Waals surface area contributed by atoms with Crippen LogP contribution in [0.2, 0.25) is 0 Å². The van der Waals surface area contributed by atoms with Gasteiger partial charge in [-0.15, -0.1) is 0 Å². The van der Waals surface area contributed by atoms with Crippen molar-refractivity contribution in [3.8, 4) is 11.3 Å². The van der Waals surface area contributed by atoms with Crippen LogP contribution in [0.15, 0.2) is 30.5 Å². The number of fused-ring (bicyclic) bond motifs is 1. The van der Waals surface area contributed by atoms with Crippen LogP contribution >= 0.6 is 11.3 Å². The Labute approximate surface area is 135 Å². The van der Waals surface area contributed by atoms with Gasteiger partial charge in [0.25, 0.3) is 0 Å². The van der Waals surface area contributed by atoms with Crippen LogP contribution in [-0.2, 0) is 6.42 Å². The lowest BCUT2D eigenvalue weighted by Gasteiger charge is -2.18. The predicted octanol–water partition coefficient (Wildman–Crippen LogP) is 5.07. The van der Waals surface area contributed by atoms with Crippen LogP contribution in [0.1, 0.15) is 55.5 Å². The number of rotatable bonds is 3. The van der Waals surface area contributed by atoms with Gasteiger partial charge in [-0.05, 0) is 24.8 Å². The van der Waals surface area contributed by atoms with E-state index in [0.717, 1.165) is 17.1 Å². The van der Waals surface area contributed by atoms with Gasteiger partial charge in [-0.2, -0.15) is 5.10 Å². The quantitative estimate of drug-likeness (QED) is 0.676. The maximum absolute atomic E-state index is 4.79. The molecule has 3 aromatic rings. The van der Waals surface area contributed by atoms with Gasteiger partial charge in [0.2, 0.25) is 4.96 Å². The first-order chi connectivity index (χ1) is 10.8. The van der Waals surface area contributed by atoms with Crippen molar-refractivity contribution >= 4 is 16.3 Å². The van der Waals surface area contributed by atoms with Crippen molar-refractivity contribution in [3.63, 3.8) is 0 Å². The lowest BCUT2D eigenvalue weighted by Crippen LogP contribution is -2.04. The topological polar surface area (TPSA) is 30.2 Å². The lowest BCUT2D eigenvalue weighted by atomic mass is 9.90. The minimum atomic E-state index is 0.660. The molecule has 0 N–H and O–H groups in total. The van der Waals surface area contributed by atoms with Crippen molar-refractivity contribution in [2.75, 3.05) is 0 Å². The van der Waals surface area contributed by atoms with Crippen LogP contribution < -0.4 is 0 Å². The molecule has 114 valence electrons. The average Bonchev–Trinajstić information content (AvgIpc) is 3.15. The molecule has 0 spiro atoms. The molecular formula is C18H21N3S. The normalized spacial score (nSPS) is 16.4. The molecule has 1 saturated carbocycles. The third-order valence-corrected chi connectivity index (χ3v) is 5.76. The highest BCUT2D eigenvalue weighted by Gasteiger charge is 2.20. The Morgan fingerprint density at radius 2 is 1.91 bits per heavy atom. The van der Waals surface area contributed by atoms with Crippen LogP contribution in [0.25, 0.3) is 16.2 Å². The van der Waals surface area contributed by atoms with Crippen molar-refractivity contribution in [3.05, 3.63) is 41.0 Å². The highest BCUT2D eigenvalue weighted by atomic mass is 32.1. The molecule has 0 saturated heterocycles. The zero-order chi connectivity index (χ0) is 14.9. The second-order valence-corrected chi connectivity index (χ2v) is 7.17. The van der Waals surface area contributed by atoms with Gasteiger partial charge in [-0.25, -0.2) is 9.50 Å². The van der Waals surface area contributed by atoms with Gasteiger partial charge in [0.15, 0.2) is 0 Å². The van der Waals surface area contributed by atoms with Gasteiger partial charge in [-0.1, -0.05) is 61.8 Å². The number of hydrogen-bond acceptors (Lipinski definition) is 3. The van der Waals surface area contributed by atoms with E-state index in [1.165, 1.54) is 48.2 Å². The van der Waals surface area contributed by atoms with Gasteiger partial charge >= 0.3 is 0 Å². The lowest BCUT2D eigenvalue weighted by molar-refractivity contribution is 0.439. The van der Waals surface area contributed by atoms with E-state index in [1.807, 2.05) is 4.52 Å². The molecule has 1 fully saturated rings. The van der Waals surface area contributed by atoms with Crippen LogP contribution in [-0.4, -0.2) is 14.6 Å². The molecule has 1 aromatic carbocycles. The number of hydrogen-bond donors (Lipinski definition) is 0. The second-order valence-electron chi connectivity index (χ2n) is 6.18. The Morgan fingerprint density at radius 1 is 1.14 bits per heavy atom. The number of aryl methyl sites for hydroxylation is 1. The molecule has 2 heterocycles. The number of benzene rings is 1. The van der Waals surface area contributed by atoms with Crippen LogP contribution in [0.3, 0.4) is 0 Å². The number of imidazole rings is 1. The first-order valence-electron chi connectivity index (χ1n) is 8.29. The molecule has 1 aliphatic carbocycles. The Bertz CT molecular complexity index is 732. The van der Waals surface area contributed by atoms with Crippen LogP contribution in [0.5, 0.6) is 0 Å². The third-order valence-electron chi connectivity index (χ3n) is 4.67. The van der Waals surface area contributed by atoms with E-state index in [0.29, 0.717) is 5.92 Å². The summed E-state index contributed by atoms with van der Waals surface area (Å²) in [5, 5.41) is 6.06. The highest BCUT2D eigenvalue weighted by Crippen LogP contribution is 2.35. The summed E-state index contributed by atoms with van der Waals surface area (Å²) < 4.78 is 1.97. The molecule has 0 unspecified atom stereocenters. The molecule has 4 rings (SSSR count). The Morgan fingerprint density at radius 3 is 2.59 bits per heavy atom. The van der Waals surface area contributed by atoms with E-state index in [2.05, 4.69) is 37.4 Å². The summed E-state index contributed by atoms with van der Waals surface area (Å²) in [6, 6.07) is 8.69. The Hall–Kier alpha value is -1.68. The summed E-state index contributed by atoms with van der Waals surface area (Å²) in [5.41, 5.74) is 3.56. The summed E-state index contributed by atoms with van der Waals surface area (Å²) in [6.45, 7) is 2.18. The van der Waals surface area contributed by atoms with Gasteiger partial charge in [0.05, 0.1) is 11.9 Å². The van der Waals surface area contributed by atoms with E-state index in [4.69, 9.17) is 10.1 Å². The van der Waals surface area contributed by atoms with E-state index in [-0.39, 0.29) is 0 Å². The fourth-order valence-corrected chi connectivity index (χ4v) is 4.33. The zero-order valence-corrected chi connectivity index (χ0v) is 13.8. The molecular weight excluding hydrogens is 290 g/mol. The Balaban J connectivity index is 1.62. The van der Waals surface area contributed by atoms with Crippen molar-refractivity contribution in [2.24, 2.45) is 0 Å². The molecule has 22 heavy (non-hydrogen) atoms. The van der Waals surface area contributed by atoms with E-state index in [1.54, 1.807) is 11.3 Å². The molecule has 0 aliphatic heterocycles. The molecule has 1 aliphatic rings. The second kappa shape index (κ2) is 5.84. The van der Waals surface area contributed by atoms with E-state index < -0.39 is 0 Å². The van der Waals surface area contributed by atoms with E-state index >= 15 is 0 Å². The van der Waals surface area contributed by atoms with Crippen molar-refractivity contribution in [2.45, 2.75) is 51.4 Å². The van der Waals surface area contributed by atoms with Gasteiger partial charge in [0, 0.05) is 11.5 Å². The average molecular weight is 311 g/mol. The minimum Gasteiger partial charge on any atom is -0.217 e. The van der Waals surface area contributed by atoms with Crippen molar-refractivity contribution in [1.82, 2.24) is 14.6 Å². The predicted molar refractivity (Wildman–Crippen MR) is 91.5 cm³/mol. The summed E-state index contributed by atoms with van der Waals surface area (Å²) in [6.07, 6.45) is 9.81. The van der Waals surface area contributed by atoms with E-state index in [9.17, 15) is 0 Å². The fourth-order valence-electron chi connectivity index (χ4n) is 3.28. The monoisotopic (exact) mass is 311 g/mol. The highest BCUT2D eigenvalue weighted by molar-refractivity contribution is 7.16. The minimum absolute atomic E-state index is 0.660. The standard InChI is InChI=1S/C18H21N3S/c1-2-13-8-10-14(11-9-13)16-12-21-18(19-16)22-17(20-21)15-6-4-3-5-7-15/h8-12,15H,2-7H2,1H3. The van der Waals surface area contributed by atoms with Crippen LogP contribution in [0.4, 0.5) is 0 Å². The molecule has 0 atom stereocenters. The first kappa shape index (κ1) is 13.9. The fraction of sp³-hybridized carbons (Fsp3) is 0.444. The van der Waals surface area contributed by atoms with Crippen molar-refractivity contribution in [1.29, 1.82) is 0 Å². The first-order valence-corrected chi connectivity index (χ1v) is 9.10. The summed E-state index contributed by atoms with van der Waals surface area (Å²) >= 11 is 1.77. The summed E-state index contributed by atoms with van der Waals surface area (Å²) in [7, 11) is 0. The number of nitrogens with zero attached hydrogens (tertiary/aromatic N) is 3. The molecule has 0 bridgehead atoms. The van der Waals surface area contributed by atoms with Crippen LogP contribution in [0, 0.1) is 0 Å². The van der Waals surface area contributed by atoms with Crippen molar-refractivity contribution < 1.29 is 0 Å². The molecule has 2 aromatic heterocycles. The zero-order valence-electron chi connectivity index (χ0n) is 13.0. The molecule has 4 heteroatoms. The van der Waals surface area contributed by atoms with Gasteiger partial charge < -0.3 is 0 Å². The largest absolute Gasteiger partial charge is 0.217 e. The number of aromatic nitrogens is 3. The van der Waals surface area contributed by atoms with Gasteiger partial charge in [-0.3, -0.25) is 0 Å². The summed E-state index contributed by atoms with van der Waals surface area (Å²) in [4.78, 5) is 5.80. The molecule has 3 nitrogen and oxygen atoms in total. The Kier molecular flexibility index (Phi) is 3.70. The summed E-state index contributed by atoms with van der Waals surface area (Å²) in [5.74, 6) is 0.660. The molecule has 0 amide bonds. The molecule has 0 radical (unpaired) electrons. The third kappa shape index (κ3) is 2.56. The SMILES string of the molecule is CCc1ccc(-c2cn3nc(C4CCCCC4)sc3n2)cc1. The smallest absolute Gasteiger partial charge is 0.212 e. The van der Waals surface area contributed by atoms with Gasteiger partial charge in [0.1, 0.15) is 5.01 Å². The maximum atomic E-state index is 4.79. The maximum Gasteiger partial charge on any atom is 0.212 e.